The fourth-order valence-corrected chi connectivity index (χ4v) is 4.52. The summed E-state index contributed by atoms with van der Waals surface area (Å²) in [6, 6.07) is 8.57. The molecule has 41 heavy (non-hydrogen) atoms. The summed E-state index contributed by atoms with van der Waals surface area (Å²) in [7, 11) is 2.76. The van der Waals surface area contributed by atoms with Crippen LogP contribution in [0.2, 0.25) is 0 Å². The van der Waals surface area contributed by atoms with Crippen molar-refractivity contribution in [3.8, 4) is 5.75 Å². The fraction of sp³-hybridized carbons (Fsp3) is 0.367. The van der Waals surface area contributed by atoms with Crippen LogP contribution in [0.3, 0.4) is 0 Å². The number of amidine groups is 1. The molecule has 0 aromatic heterocycles. The monoisotopic (exact) mass is 628 g/mol. The van der Waals surface area contributed by atoms with Crippen molar-refractivity contribution in [1.29, 1.82) is 5.41 Å². The molecule has 0 radical (unpaired) electrons. The van der Waals surface area contributed by atoms with E-state index in [2.05, 4.69) is 10.6 Å². The van der Waals surface area contributed by atoms with Crippen molar-refractivity contribution in [3.05, 3.63) is 69.4 Å². The number of benzene rings is 2. The van der Waals surface area contributed by atoms with Crippen LogP contribution in [-0.4, -0.2) is 61.6 Å². The summed E-state index contributed by atoms with van der Waals surface area (Å²) in [5.74, 6) is -1.01. The number of hydrogen-bond acceptors (Lipinski definition) is 7. The maximum absolute atomic E-state index is 13.4. The van der Waals surface area contributed by atoms with E-state index < -0.39 is 17.3 Å². The maximum atomic E-state index is 13.4. The number of nitrogens with zero attached hydrogens (tertiary/aromatic N) is 1. The first-order chi connectivity index (χ1) is 18.8. The summed E-state index contributed by atoms with van der Waals surface area (Å²) in [5, 5.41) is 13.8. The van der Waals surface area contributed by atoms with E-state index in [9.17, 15) is 19.2 Å². The Bertz CT molecular complexity index is 1410. The minimum Gasteiger partial charge on any atom is -0.493 e. The van der Waals surface area contributed by atoms with E-state index in [1.165, 1.54) is 27.2 Å². The highest BCUT2D eigenvalue weighted by Gasteiger charge is 2.30. The lowest BCUT2D eigenvalue weighted by Gasteiger charge is -2.24. The Morgan fingerprint density at radius 3 is 2.37 bits per heavy atom. The molecule has 3 N–H and O–H groups in total. The van der Waals surface area contributed by atoms with Gasteiger partial charge in [-0.15, -0.1) is 17.0 Å². The molecule has 0 spiro atoms. The second kappa shape index (κ2) is 13.6. The molecular formula is C30H37BrN4O6. The molecular weight excluding hydrogens is 592 g/mol. The lowest BCUT2D eigenvalue weighted by atomic mass is 9.82. The Kier molecular flexibility index (Phi) is 11.0. The van der Waals surface area contributed by atoms with Gasteiger partial charge in [-0.2, -0.15) is 0 Å². The molecule has 3 rings (SSSR count). The second-order valence-corrected chi connectivity index (χ2v) is 10.4. The zero-order valence-corrected chi connectivity index (χ0v) is 26.1. The number of carbonyl (C=O) groups excluding carboxylic acids is 4. The summed E-state index contributed by atoms with van der Waals surface area (Å²) in [5.41, 5.74) is 3.21. The number of ether oxygens (including phenoxy) is 2. The van der Waals surface area contributed by atoms with Gasteiger partial charge >= 0.3 is 5.97 Å². The third-order valence-electron chi connectivity index (χ3n) is 6.44. The number of nitrogens with one attached hydrogen (secondary N) is 3. The Morgan fingerprint density at radius 1 is 1.12 bits per heavy atom. The van der Waals surface area contributed by atoms with Gasteiger partial charge in [-0.1, -0.05) is 32.9 Å². The SMILES string of the molecule is Br.CCOc1cc2c(cc1C(=O)NC)C(=N)N(CC(=O)c1ccc(/C=C(/NC(C)=O)C(=O)OC)c(C(C)(C)C)c1)C2. The van der Waals surface area contributed by atoms with Crippen LogP contribution < -0.4 is 15.4 Å². The highest BCUT2D eigenvalue weighted by molar-refractivity contribution is 8.93. The molecule has 0 atom stereocenters. The van der Waals surface area contributed by atoms with Crippen molar-refractivity contribution >= 4 is 52.5 Å². The van der Waals surface area contributed by atoms with E-state index in [1.54, 1.807) is 35.2 Å². The lowest BCUT2D eigenvalue weighted by molar-refractivity contribution is -0.137. The molecule has 220 valence electrons. The first-order valence-corrected chi connectivity index (χ1v) is 12.9. The van der Waals surface area contributed by atoms with Crippen molar-refractivity contribution in [3.63, 3.8) is 0 Å². The average molecular weight is 630 g/mol. The molecule has 0 unspecified atom stereocenters. The van der Waals surface area contributed by atoms with Crippen molar-refractivity contribution in [2.24, 2.45) is 0 Å². The highest BCUT2D eigenvalue weighted by atomic mass is 79.9. The molecule has 11 heteroatoms. The van der Waals surface area contributed by atoms with Gasteiger partial charge in [-0.05, 0) is 53.3 Å². The number of Topliss-reactive ketones (excluding diaryl/α,β-unsaturated/α-hetero) is 1. The summed E-state index contributed by atoms with van der Waals surface area (Å²) >= 11 is 0. The molecule has 1 aliphatic heterocycles. The molecule has 2 aromatic rings. The van der Waals surface area contributed by atoms with Crippen molar-refractivity contribution < 1.29 is 28.7 Å². The van der Waals surface area contributed by atoms with Crippen LogP contribution in [0.25, 0.3) is 6.08 Å². The van der Waals surface area contributed by atoms with Gasteiger partial charge in [-0.25, -0.2) is 4.79 Å². The van der Waals surface area contributed by atoms with Gasteiger partial charge in [0.1, 0.15) is 17.3 Å². The number of ketones is 1. The molecule has 2 amide bonds. The number of rotatable bonds is 9. The van der Waals surface area contributed by atoms with Gasteiger partial charge in [0.05, 0.1) is 25.8 Å². The highest BCUT2D eigenvalue weighted by Crippen LogP contribution is 2.32. The molecule has 0 fully saturated rings. The van der Waals surface area contributed by atoms with Crippen LogP contribution in [0.5, 0.6) is 5.75 Å². The van der Waals surface area contributed by atoms with E-state index in [4.69, 9.17) is 14.9 Å². The molecule has 10 nitrogen and oxygen atoms in total. The third-order valence-corrected chi connectivity index (χ3v) is 6.44. The molecule has 0 saturated heterocycles. The predicted octanol–water partition coefficient (Wildman–Crippen LogP) is 3.99. The predicted molar refractivity (Wildman–Crippen MR) is 162 cm³/mol. The normalized spacial score (nSPS) is 12.7. The largest absolute Gasteiger partial charge is 0.493 e. The number of amides is 2. The smallest absolute Gasteiger partial charge is 0.354 e. The Labute approximate surface area is 250 Å². The molecule has 2 aromatic carbocycles. The van der Waals surface area contributed by atoms with Gasteiger partial charge in [0.15, 0.2) is 5.78 Å². The summed E-state index contributed by atoms with van der Waals surface area (Å²) in [4.78, 5) is 51.3. The molecule has 0 aliphatic carbocycles. The van der Waals surface area contributed by atoms with E-state index in [0.29, 0.717) is 41.2 Å². The zero-order valence-electron chi connectivity index (χ0n) is 24.4. The first-order valence-electron chi connectivity index (χ1n) is 12.9. The van der Waals surface area contributed by atoms with Gasteiger partial charge in [-0.3, -0.25) is 19.8 Å². The Morgan fingerprint density at radius 2 is 1.80 bits per heavy atom. The third kappa shape index (κ3) is 7.60. The topological polar surface area (TPSA) is 138 Å². The van der Waals surface area contributed by atoms with Crippen LogP contribution in [0.1, 0.15) is 77.6 Å². The minimum absolute atomic E-state index is 0. The number of methoxy groups -OCH3 is 1. The van der Waals surface area contributed by atoms with Gasteiger partial charge in [0, 0.05) is 31.6 Å². The van der Waals surface area contributed by atoms with Crippen LogP contribution in [0, 0.1) is 5.41 Å². The van der Waals surface area contributed by atoms with Gasteiger partial charge in [0.2, 0.25) is 5.91 Å². The number of halogens is 1. The van der Waals surface area contributed by atoms with Gasteiger partial charge in [0.25, 0.3) is 5.91 Å². The fourth-order valence-electron chi connectivity index (χ4n) is 4.52. The average Bonchev–Trinajstić information content (AvgIpc) is 3.19. The van der Waals surface area contributed by atoms with E-state index in [1.807, 2.05) is 27.7 Å². The Balaban J connectivity index is 0.00000588. The van der Waals surface area contributed by atoms with Crippen LogP contribution in [0.15, 0.2) is 36.0 Å². The Hall–Kier alpha value is -3.99. The summed E-state index contributed by atoms with van der Waals surface area (Å²) in [6.07, 6.45) is 1.54. The quantitative estimate of drug-likeness (QED) is 0.217. The molecule has 1 heterocycles. The van der Waals surface area contributed by atoms with Crippen molar-refractivity contribution in [2.45, 2.75) is 46.6 Å². The maximum Gasteiger partial charge on any atom is 0.354 e. The van der Waals surface area contributed by atoms with Crippen molar-refractivity contribution in [2.75, 3.05) is 27.3 Å². The number of hydrogen-bond donors (Lipinski definition) is 3. The van der Waals surface area contributed by atoms with E-state index in [-0.39, 0.29) is 46.7 Å². The first kappa shape index (κ1) is 33.2. The summed E-state index contributed by atoms with van der Waals surface area (Å²) < 4.78 is 10.5. The van der Waals surface area contributed by atoms with Crippen LogP contribution >= 0.6 is 17.0 Å². The lowest BCUT2D eigenvalue weighted by Crippen LogP contribution is -2.30. The van der Waals surface area contributed by atoms with Crippen LogP contribution in [-0.2, 0) is 26.3 Å². The van der Waals surface area contributed by atoms with Gasteiger partial charge < -0.3 is 25.0 Å². The number of fused-ring (bicyclic) bond motifs is 1. The van der Waals surface area contributed by atoms with Crippen LogP contribution in [0.4, 0.5) is 0 Å². The van der Waals surface area contributed by atoms with Crippen molar-refractivity contribution in [1.82, 2.24) is 15.5 Å². The molecule has 0 bridgehead atoms. The summed E-state index contributed by atoms with van der Waals surface area (Å²) in [6.45, 7) is 9.76. The number of esters is 1. The number of carbonyl (C=O) groups is 4. The zero-order chi connectivity index (χ0) is 29.8. The van der Waals surface area contributed by atoms with E-state index >= 15 is 0 Å². The molecule has 1 aliphatic rings. The standard InChI is InChI=1S/C30H36N4O6.BrH/c1-8-40-26-13-20-15-34(27(31)21(20)14-22(26)28(37)32-6)16-25(36)19-10-9-18(23(11-19)30(3,4)5)12-24(29(38)39-7)33-17(2)35;/h9-14,31H,8,15-16H2,1-7H3,(H,32,37)(H,33,35);1H/b24-12+,31-27?;. The second-order valence-electron chi connectivity index (χ2n) is 10.4. The van der Waals surface area contributed by atoms with E-state index in [0.717, 1.165) is 11.1 Å². The molecule has 0 saturated carbocycles. The minimum atomic E-state index is -0.686.